The van der Waals surface area contributed by atoms with Crippen LogP contribution < -0.4 is 10.6 Å². The zero-order valence-corrected chi connectivity index (χ0v) is 13.0. The summed E-state index contributed by atoms with van der Waals surface area (Å²) in [5.41, 5.74) is 1.03. The van der Waals surface area contributed by atoms with Gasteiger partial charge in [-0.2, -0.15) is 0 Å². The number of amides is 1. The van der Waals surface area contributed by atoms with Gasteiger partial charge in [0, 0.05) is 12.6 Å². The highest BCUT2D eigenvalue weighted by molar-refractivity contribution is 5.93. The minimum Gasteiger partial charge on any atom is -0.381 e. The first-order chi connectivity index (χ1) is 10.8. The van der Waals surface area contributed by atoms with E-state index in [-0.39, 0.29) is 12.0 Å². The van der Waals surface area contributed by atoms with Crippen LogP contribution in [0.4, 0.5) is 11.5 Å². The first-order valence-corrected chi connectivity index (χ1v) is 8.46. The predicted molar refractivity (Wildman–Crippen MR) is 87.0 cm³/mol. The lowest BCUT2D eigenvalue weighted by Gasteiger charge is -2.17. The smallest absolute Gasteiger partial charge is 0.254 e. The lowest BCUT2D eigenvalue weighted by Crippen LogP contribution is -2.27. The van der Waals surface area contributed by atoms with Gasteiger partial charge in [-0.3, -0.25) is 4.79 Å². The van der Waals surface area contributed by atoms with Gasteiger partial charge in [0.1, 0.15) is 11.9 Å². The summed E-state index contributed by atoms with van der Waals surface area (Å²) in [4.78, 5) is 16.3. The number of ether oxygens (including phenoxy) is 1. The van der Waals surface area contributed by atoms with Crippen molar-refractivity contribution in [1.29, 1.82) is 0 Å². The zero-order valence-electron chi connectivity index (χ0n) is 13.0. The number of nitrogens with zero attached hydrogens (tertiary/aromatic N) is 1. The van der Waals surface area contributed by atoms with Crippen LogP contribution in [0.5, 0.6) is 0 Å². The molecule has 0 spiro atoms. The van der Waals surface area contributed by atoms with Crippen LogP contribution in [-0.4, -0.2) is 29.6 Å². The molecule has 0 radical (unpaired) electrons. The molecule has 3 rings (SSSR count). The molecule has 1 aromatic heterocycles. The van der Waals surface area contributed by atoms with Crippen molar-refractivity contribution in [3.63, 3.8) is 0 Å². The van der Waals surface area contributed by atoms with Crippen molar-refractivity contribution in [1.82, 2.24) is 4.98 Å². The molecule has 5 heteroatoms. The SMILES string of the molecule is O=C(Nc1ccc(NC2CCCCCC2)cn1)C1CCCO1. The molecule has 1 aliphatic heterocycles. The molecule has 1 saturated heterocycles. The van der Waals surface area contributed by atoms with E-state index in [0.29, 0.717) is 18.5 Å². The average molecular weight is 303 g/mol. The van der Waals surface area contributed by atoms with Gasteiger partial charge in [0.2, 0.25) is 0 Å². The number of carbonyl (C=O) groups excluding carboxylic acids is 1. The second-order valence-corrected chi connectivity index (χ2v) is 6.26. The summed E-state index contributed by atoms with van der Waals surface area (Å²) in [6, 6.07) is 4.39. The van der Waals surface area contributed by atoms with Gasteiger partial charge in [0.25, 0.3) is 5.91 Å². The molecular formula is C17H25N3O2. The van der Waals surface area contributed by atoms with E-state index < -0.39 is 0 Å². The zero-order chi connectivity index (χ0) is 15.2. The molecule has 2 N–H and O–H groups in total. The number of rotatable bonds is 4. The molecule has 2 aliphatic rings. The highest BCUT2D eigenvalue weighted by Gasteiger charge is 2.23. The van der Waals surface area contributed by atoms with Crippen molar-refractivity contribution in [3.8, 4) is 0 Å². The Bertz CT molecular complexity index is 475. The van der Waals surface area contributed by atoms with Crippen molar-refractivity contribution in [2.75, 3.05) is 17.2 Å². The van der Waals surface area contributed by atoms with Gasteiger partial charge in [-0.05, 0) is 37.8 Å². The molecule has 22 heavy (non-hydrogen) atoms. The number of nitrogens with one attached hydrogen (secondary N) is 2. The summed E-state index contributed by atoms with van der Waals surface area (Å²) in [5.74, 6) is 0.501. The summed E-state index contributed by atoms with van der Waals surface area (Å²) in [6.45, 7) is 0.676. The molecule has 120 valence electrons. The fraction of sp³-hybridized carbons (Fsp3) is 0.647. The second-order valence-electron chi connectivity index (χ2n) is 6.26. The Morgan fingerprint density at radius 1 is 1.09 bits per heavy atom. The van der Waals surface area contributed by atoms with Gasteiger partial charge < -0.3 is 15.4 Å². The van der Waals surface area contributed by atoms with Gasteiger partial charge in [-0.25, -0.2) is 4.98 Å². The van der Waals surface area contributed by atoms with E-state index in [9.17, 15) is 4.79 Å². The number of anilines is 2. The molecule has 5 nitrogen and oxygen atoms in total. The van der Waals surface area contributed by atoms with Gasteiger partial charge in [0.15, 0.2) is 0 Å². The van der Waals surface area contributed by atoms with Crippen molar-refractivity contribution >= 4 is 17.4 Å². The van der Waals surface area contributed by atoms with E-state index >= 15 is 0 Å². The summed E-state index contributed by atoms with van der Waals surface area (Å²) < 4.78 is 5.37. The van der Waals surface area contributed by atoms with Crippen LogP contribution in [-0.2, 0) is 9.53 Å². The number of hydrogen-bond donors (Lipinski definition) is 2. The molecular weight excluding hydrogens is 278 g/mol. The van der Waals surface area contributed by atoms with E-state index in [4.69, 9.17) is 4.74 Å². The molecule has 1 amide bonds. The third-order valence-corrected chi connectivity index (χ3v) is 4.46. The molecule has 0 aromatic carbocycles. The third-order valence-electron chi connectivity index (χ3n) is 4.46. The van der Waals surface area contributed by atoms with Crippen LogP contribution >= 0.6 is 0 Å². The highest BCUT2D eigenvalue weighted by Crippen LogP contribution is 2.21. The maximum atomic E-state index is 12.0. The van der Waals surface area contributed by atoms with Crippen molar-refractivity contribution in [2.24, 2.45) is 0 Å². The number of aromatic nitrogens is 1. The maximum absolute atomic E-state index is 12.0. The second kappa shape index (κ2) is 7.58. The van der Waals surface area contributed by atoms with E-state index in [2.05, 4.69) is 15.6 Å². The Hall–Kier alpha value is -1.62. The summed E-state index contributed by atoms with van der Waals surface area (Å²) >= 11 is 0. The van der Waals surface area contributed by atoms with Crippen molar-refractivity contribution in [2.45, 2.75) is 63.5 Å². The minimum atomic E-state index is -0.314. The Morgan fingerprint density at radius 2 is 1.91 bits per heavy atom. The summed E-state index contributed by atoms with van der Waals surface area (Å²) in [5, 5.41) is 6.38. The molecule has 1 atom stereocenters. The number of pyridine rings is 1. The van der Waals surface area contributed by atoms with Gasteiger partial charge in [-0.1, -0.05) is 25.7 Å². The Balaban J connectivity index is 1.52. The predicted octanol–water partition coefficient (Wildman–Crippen LogP) is 3.33. The van der Waals surface area contributed by atoms with Crippen LogP contribution in [0.1, 0.15) is 51.4 Å². The first-order valence-electron chi connectivity index (χ1n) is 8.46. The monoisotopic (exact) mass is 303 g/mol. The molecule has 1 unspecified atom stereocenters. The fourth-order valence-electron chi connectivity index (χ4n) is 3.20. The molecule has 2 heterocycles. The average Bonchev–Trinajstić information content (AvgIpc) is 2.95. The summed E-state index contributed by atoms with van der Waals surface area (Å²) in [7, 11) is 0. The Kier molecular flexibility index (Phi) is 5.27. The molecule has 0 bridgehead atoms. The van der Waals surface area contributed by atoms with Crippen LogP contribution in [0.25, 0.3) is 0 Å². The standard InChI is InChI=1S/C17H25N3O2/c21-17(15-8-5-11-22-15)20-16-10-9-14(12-18-16)19-13-6-3-1-2-4-7-13/h9-10,12-13,15,19H,1-8,11H2,(H,18,20,21). The Labute approximate surface area is 131 Å². The number of hydrogen-bond acceptors (Lipinski definition) is 4. The normalized spacial score (nSPS) is 23.0. The lowest BCUT2D eigenvalue weighted by molar-refractivity contribution is -0.124. The van der Waals surface area contributed by atoms with E-state index in [1.54, 1.807) is 6.20 Å². The van der Waals surface area contributed by atoms with Crippen LogP contribution in [0, 0.1) is 0 Å². The third kappa shape index (κ3) is 4.19. The Morgan fingerprint density at radius 3 is 2.55 bits per heavy atom. The molecule has 1 saturated carbocycles. The van der Waals surface area contributed by atoms with Gasteiger partial charge in [0.05, 0.1) is 11.9 Å². The minimum absolute atomic E-state index is 0.0884. The largest absolute Gasteiger partial charge is 0.381 e. The van der Waals surface area contributed by atoms with Gasteiger partial charge in [-0.15, -0.1) is 0 Å². The van der Waals surface area contributed by atoms with Crippen molar-refractivity contribution in [3.05, 3.63) is 18.3 Å². The molecule has 1 aromatic rings. The van der Waals surface area contributed by atoms with Crippen LogP contribution in [0.3, 0.4) is 0 Å². The van der Waals surface area contributed by atoms with Crippen LogP contribution in [0.2, 0.25) is 0 Å². The van der Waals surface area contributed by atoms with E-state index in [1.165, 1.54) is 38.5 Å². The maximum Gasteiger partial charge on any atom is 0.254 e. The fourth-order valence-corrected chi connectivity index (χ4v) is 3.20. The quantitative estimate of drug-likeness (QED) is 0.837. The number of carbonyl (C=O) groups is 1. The first kappa shape index (κ1) is 15.3. The highest BCUT2D eigenvalue weighted by atomic mass is 16.5. The lowest BCUT2D eigenvalue weighted by atomic mass is 10.1. The van der Waals surface area contributed by atoms with E-state index in [1.807, 2.05) is 12.1 Å². The molecule has 2 fully saturated rings. The summed E-state index contributed by atoms with van der Waals surface area (Å²) in [6.07, 6.45) is 11.0. The van der Waals surface area contributed by atoms with Gasteiger partial charge >= 0.3 is 0 Å². The van der Waals surface area contributed by atoms with E-state index in [0.717, 1.165) is 18.5 Å². The van der Waals surface area contributed by atoms with Crippen molar-refractivity contribution < 1.29 is 9.53 Å². The van der Waals surface area contributed by atoms with Crippen LogP contribution in [0.15, 0.2) is 18.3 Å². The molecule has 1 aliphatic carbocycles. The topological polar surface area (TPSA) is 63.2 Å².